The smallest absolute Gasteiger partial charge is 0.407 e. The maximum Gasteiger partial charge on any atom is 0.407 e. The molecule has 6 heteroatoms. The van der Waals surface area contributed by atoms with Gasteiger partial charge in [0.25, 0.3) is 0 Å². The minimum atomic E-state index is -4.41. The minimum absolute atomic E-state index is 0. The Balaban J connectivity index is 0.00000196. The number of rotatable bonds is 2. The summed E-state index contributed by atoms with van der Waals surface area (Å²) in [5, 5.41) is 0. The molecule has 0 heterocycles. The molecule has 1 atom stereocenters. The van der Waals surface area contributed by atoms with Crippen molar-refractivity contribution in [3.63, 3.8) is 0 Å². The molecule has 0 saturated carbocycles. The van der Waals surface area contributed by atoms with Crippen LogP contribution in [0.1, 0.15) is 11.6 Å². The van der Waals surface area contributed by atoms with Crippen molar-refractivity contribution in [3.8, 4) is 5.75 Å². The topological polar surface area (TPSA) is 35.2 Å². The first-order valence-electron chi connectivity index (χ1n) is 3.91. The molecule has 1 aromatic carbocycles. The zero-order valence-corrected chi connectivity index (χ0v) is 8.73. The van der Waals surface area contributed by atoms with Crippen LogP contribution >= 0.6 is 12.4 Å². The first-order chi connectivity index (χ1) is 6.45. The van der Waals surface area contributed by atoms with Gasteiger partial charge in [0.1, 0.15) is 11.8 Å². The Bertz CT molecular complexity index is 299. The summed E-state index contributed by atoms with van der Waals surface area (Å²) in [6, 6.07) is 3.56. The number of hydrogen-bond donors (Lipinski definition) is 1. The quantitative estimate of drug-likeness (QED) is 0.864. The Labute approximate surface area is 91.6 Å². The number of benzene rings is 1. The molecule has 0 aliphatic rings. The third-order valence-electron chi connectivity index (χ3n) is 1.83. The molecule has 0 radical (unpaired) electrons. The van der Waals surface area contributed by atoms with E-state index >= 15 is 0 Å². The van der Waals surface area contributed by atoms with Crippen molar-refractivity contribution in [2.45, 2.75) is 12.2 Å². The Kier molecular flexibility index (Phi) is 4.90. The highest BCUT2D eigenvalue weighted by Crippen LogP contribution is 2.30. The number of halogens is 4. The first kappa shape index (κ1) is 14.1. The lowest BCUT2D eigenvalue weighted by molar-refractivity contribution is -0.149. The van der Waals surface area contributed by atoms with Crippen molar-refractivity contribution in [3.05, 3.63) is 29.8 Å². The Morgan fingerprint density at radius 3 is 2.00 bits per heavy atom. The Morgan fingerprint density at radius 2 is 1.67 bits per heavy atom. The molecule has 0 amide bonds. The van der Waals surface area contributed by atoms with Crippen LogP contribution in [-0.4, -0.2) is 13.3 Å². The Morgan fingerprint density at radius 1 is 1.20 bits per heavy atom. The summed E-state index contributed by atoms with van der Waals surface area (Å²) in [5.41, 5.74) is 5.02. The molecule has 1 rings (SSSR count). The fourth-order valence-corrected chi connectivity index (χ4v) is 1.00. The second-order valence-corrected chi connectivity index (χ2v) is 2.79. The van der Waals surface area contributed by atoms with E-state index < -0.39 is 12.2 Å². The highest BCUT2D eigenvalue weighted by atomic mass is 35.5. The summed E-state index contributed by atoms with van der Waals surface area (Å²) in [5.74, 6) is 0.503. The van der Waals surface area contributed by atoms with Gasteiger partial charge in [-0.05, 0) is 17.7 Å². The summed E-state index contributed by atoms with van der Waals surface area (Å²) in [6.07, 6.45) is -4.41. The molecule has 1 aromatic rings. The molecule has 0 aliphatic carbocycles. The lowest BCUT2D eigenvalue weighted by atomic mass is 10.1. The summed E-state index contributed by atoms with van der Waals surface area (Å²) >= 11 is 0. The van der Waals surface area contributed by atoms with E-state index in [1.165, 1.54) is 31.4 Å². The predicted octanol–water partition coefficient (Wildman–Crippen LogP) is 2.68. The number of hydrogen-bond acceptors (Lipinski definition) is 2. The van der Waals surface area contributed by atoms with Gasteiger partial charge in [-0.25, -0.2) is 0 Å². The zero-order valence-electron chi connectivity index (χ0n) is 7.91. The van der Waals surface area contributed by atoms with E-state index in [1.807, 2.05) is 0 Å². The molecule has 2 nitrogen and oxygen atoms in total. The van der Waals surface area contributed by atoms with Crippen molar-refractivity contribution >= 4 is 12.4 Å². The highest BCUT2D eigenvalue weighted by molar-refractivity contribution is 5.85. The summed E-state index contributed by atoms with van der Waals surface area (Å²) < 4.78 is 41.3. The van der Waals surface area contributed by atoms with Crippen molar-refractivity contribution < 1.29 is 17.9 Å². The van der Waals surface area contributed by atoms with Gasteiger partial charge in [0.05, 0.1) is 7.11 Å². The molecule has 0 unspecified atom stereocenters. The number of methoxy groups -OCH3 is 1. The third kappa shape index (κ3) is 3.60. The van der Waals surface area contributed by atoms with Crippen LogP contribution in [0.4, 0.5) is 13.2 Å². The lowest BCUT2D eigenvalue weighted by Crippen LogP contribution is -2.28. The molecule has 15 heavy (non-hydrogen) atoms. The van der Waals surface area contributed by atoms with Crippen molar-refractivity contribution in [1.29, 1.82) is 0 Å². The highest BCUT2D eigenvalue weighted by Gasteiger charge is 2.37. The van der Waals surface area contributed by atoms with Crippen molar-refractivity contribution in [2.75, 3.05) is 7.11 Å². The van der Waals surface area contributed by atoms with E-state index in [1.54, 1.807) is 0 Å². The van der Waals surface area contributed by atoms with Crippen LogP contribution < -0.4 is 10.5 Å². The van der Waals surface area contributed by atoms with Crippen LogP contribution in [0.15, 0.2) is 24.3 Å². The zero-order chi connectivity index (χ0) is 10.8. The van der Waals surface area contributed by atoms with Crippen molar-refractivity contribution in [1.82, 2.24) is 0 Å². The van der Waals surface area contributed by atoms with E-state index in [-0.39, 0.29) is 18.0 Å². The van der Waals surface area contributed by atoms with Crippen LogP contribution in [0, 0.1) is 0 Å². The molecule has 0 aliphatic heterocycles. The second kappa shape index (κ2) is 5.23. The van der Waals surface area contributed by atoms with Crippen LogP contribution in [-0.2, 0) is 0 Å². The summed E-state index contributed by atoms with van der Waals surface area (Å²) in [4.78, 5) is 0. The first-order valence-corrected chi connectivity index (χ1v) is 3.91. The molecule has 0 bridgehead atoms. The standard InChI is InChI=1S/C9H10F3NO.ClH/c1-14-7-4-2-6(3-5-7)8(13)9(10,11)12;/h2-5,8H,13H2,1H3;1H/t8-;/m0./s1. The second-order valence-electron chi connectivity index (χ2n) is 2.79. The molecule has 0 saturated heterocycles. The van der Waals surface area contributed by atoms with Gasteiger partial charge in [0.2, 0.25) is 0 Å². The van der Waals surface area contributed by atoms with E-state index in [4.69, 9.17) is 10.5 Å². The van der Waals surface area contributed by atoms with Gasteiger partial charge in [-0.2, -0.15) is 13.2 Å². The molecule has 0 fully saturated rings. The van der Waals surface area contributed by atoms with Crippen molar-refractivity contribution in [2.24, 2.45) is 5.73 Å². The Hall–Kier alpha value is -0.940. The third-order valence-corrected chi connectivity index (χ3v) is 1.83. The SMILES string of the molecule is COc1ccc([C@H](N)C(F)(F)F)cc1.Cl. The van der Waals surface area contributed by atoms with Gasteiger partial charge in [0.15, 0.2) is 0 Å². The largest absolute Gasteiger partial charge is 0.497 e. The monoisotopic (exact) mass is 241 g/mol. The average molecular weight is 242 g/mol. The molecular formula is C9H11ClF3NO. The van der Waals surface area contributed by atoms with Gasteiger partial charge in [-0.15, -0.1) is 12.4 Å². The van der Waals surface area contributed by atoms with Gasteiger partial charge in [0, 0.05) is 0 Å². The van der Waals surface area contributed by atoms with E-state index in [0.717, 1.165) is 0 Å². The van der Waals surface area contributed by atoms with Gasteiger partial charge in [-0.1, -0.05) is 12.1 Å². The maximum atomic E-state index is 12.2. The van der Waals surface area contributed by atoms with Gasteiger partial charge >= 0.3 is 6.18 Å². The lowest BCUT2D eigenvalue weighted by Gasteiger charge is -2.15. The minimum Gasteiger partial charge on any atom is -0.497 e. The maximum absolute atomic E-state index is 12.2. The fraction of sp³-hybridized carbons (Fsp3) is 0.333. The van der Waals surface area contributed by atoms with Crippen LogP contribution in [0.5, 0.6) is 5.75 Å². The van der Waals surface area contributed by atoms with Crippen LogP contribution in [0.2, 0.25) is 0 Å². The number of nitrogens with two attached hydrogens (primary N) is 1. The van der Waals surface area contributed by atoms with Gasteiger partial charge in [-0.3, -0.25) is 0 Å². The number of alkyl halides is 3. The molecule has 0 aromatic heterocycles. The average Bonchev–Trinajstić information content (AvgIpc) is 2.15. The van der Waals surface area contributed by atoms with E-state index in [0.29, 0.717) is 5.75 Å². The fourth-order valence-electron chi connectivity index (χ4n) is 1.00. The van der Waals surface area contributed by atoms with E-state index in [2.05, 4.69) is 0 Å². The van der Waals surface area contributed by atoms with Gasteiger partial charge < -0.3 is 10.5 Å². The normalized spacial score (nSPS) is 12.9. The van der Waals surface area contributed by atoms with Crippen LogP contribution in [0.3, 0.4) is 0 Å². The summed E-state index contributed by atoms with van der Waals surface area (Å²) in [7, 11) is 1.44. The van der Waals surface area contributed by atoms with Crippen LogP contribution in [0.25, 0.3) is 0 Å². The number of ether oxygens (including phenoxy) is 1. The predicted molar refractivity (Wildman–Crippen MR) is 53.2 cm³/mol. The molecular weight excluding hydrogens is 231 g/mol. The van der Waals surface area contributed by atoms with E-state index in [9.17, 15) is 13.2 Å². The molecule has 0 spiro atoms. The molecule has 86 valence electrons. The summed E-state index contributed by atoms with van der Waals surface area (Å²) in [6.45, 7) is 0. The molecule has 2 N–H and O–H groups in total.